The molecule has 4 rings (SSSR count). The normalized spacial score (nSPS) is 10.9. The van der Waals surface area contributed by atoms with Gasteiger partial charge in [-0.25, -0.2) is 9.07 Å². The third-order valence-corrected chi connectivity index (χ3v) is 6.17. The van der Waals surface area contributed by atoms with E-state index in [0.29, 0.717) is 22.1 Å². The molecule has 0 radical (unpaired) electrons. The number of rotatable bonds is 7. The zero-order valence-electron chi connectivity index (χ0n) is 18.1. The van der Waals surface area contributed by atoms with Crippen LogP contribution in [0.5, 0.6) is 17.2 Å². The van der Waals surface area contributed by atoms with E-state index in [4.69, 9.17) is 14.2 Å². The zero-order chi connectivity index (χ0) is 22.8. The van der Waals surface area contributed by atoms with Gasteiger partial charge in [-0.2, -0.15) is 5.10 Å². The highest BCUT2D eigenvalue weighted by molar-refractivity contribution is 7.20. The van der Waals surface area contributed by atoms with Crippen molar-refractivity contribution < 1.29 is 23.4 Å². The maximum Gasteiger partial charge on any atom is 0.261 e. The van der Waals surface area contributed by atoms with E-state index in [0.717, 1.165) is 27.2 Å². The number of nitrogens with zero attached hydrogens (tertiary/aromatic N) is 2. The van der Waals surface area contributed by atoms with Crippen molar-refractivity contribution in [2.24, 2.45) is 0 Å². The first-order chi connectivity index (χ1) is 15.4. The molecule has 2 aromatic heterocycles. The van der Waals surface area contributed by atoms with Gasteiger partial charge in [-0.3, -0.25) is 4.79 Å². The number of aryl methyl sites for hydroxylation is 1. The van der Waals surface area contributed by atoms with E-state index in [1.54, 1.807) is 50.3 Å². The third kappa shape index (κ3) is 3.99. The van der Waals surface area contributed by atoms with Gasteiger partial charge in [0, 0.05) is 23.6 Å². The fourth-order valence-corrected chi connectivity index (χ4v) is 4.51. The van der Waals surface area contributed by atoms with Crippen molar-refractivity contribution in [3.05, 3.63) is 64.4 Å². The van der Waals surface area contributed by atoms with Crippen LogP contribution in [0.2, 0.25) is 0 Å². The van der Waals surface area contributed by atoms with Gasteiger partial charge in [-0.15, -0.1) is 11.3 Å². The van der Waals surface area contributed by atoms with Crippen LogP contribution in [0.4, 0.5) is 4.39 Å². The van der Waals surface area contributed by atoms with E-state index in [-0.39, 0.29) is 18.3 Å². The maximum absolute atomic E-state index is 13.3. The molecule has 0 aliphatic heterocycles. The zero-order valence-corrected chi connectivity index (χ0v) is 18.9. The Kier molecular flexibility index (Phi) is 6.00. The summed E-state index contributed by atoms with van der Waals surface area (Å²) in [6.45, 7) is 2.13. The van der Waals surface area contributed by atoms with E-state index in [1.807, 2.05) is 13.0 Å². The molecule has 9 heteroatoms. The van der Waals surface area contributed by atoms with Gasteiger partial charge in [0.2, 0.25) is 0 Å². The summed E-state index contributed by atoms with van der Waals surface area (Å²) < 4.78 is 31.1. The molecule has 4 aromatic rings. The molecule has 7 nitrogen and oxygen atoms in total. The summed E-state index contributed by atoms with van der Waals surface area (Å²) in [5.74, 6) is 1.15. The fraction of sp³-hybridized carbons (Fsp3) is 0.217. The van der Waals surface area contributed by atoms with E-state index in [1.165, 1.54) is 23.5 Å². The molecule has 0 fully saturated rings. The van der Waals surface area contributed by atoms with Crippen LogP contribution in [-0.2, 0) is 6.54 Å². The highest BCUT2D eigenvalue weighted by Crippen LogP contribution is 2.35. The van der Waals surface area contributed by atoms with E-state index in [2.05, 4.69) is 10.4 Å². The molecule has 0 aliphatic rings. The first-order valence-corrected chi connectivity index (χ1v) is 10.6. The number of carbonyl (C=O) groups excluding carboxylic acids is 1. The predicted octanol–water partition coefficient (Wildman–Crippen LogP) is 4.49. The number of nitrogens with one attached hydrogen (secondary N) is 1. The highest BCUT2D eigenvalue weighted by Gasteiger charge is 2.18. The molecule has 166 valence electrons. The number of halogens is 1. The molecule has 0 spiro atoms. The largest absolute Gasteiger partial charge is 0.496 e. The van der Waals surface area contributed by atoms with Crippen molar-refractivity contribution >= 4 is 27.5 Å². The summed E-state index contributed by atoms with van der Waals surface area (Å²) in [4.78, 5) is 14.3. The molecular weight excluding hydrogens is 433 g/mol. The van der Waals surface area contributed by atoms with Crippen LogP contribution in [0.25, 0.3) is 15.9 Å². The Balaban J connectivity index is 1.59. The van der Waals surface area contributed by atoms with Crippen molar-refractivity contribution in [1.29, 1.82) is 0 Å². The Morgan fingerprint density at radius 3 is 2.34 bits per heavy atom. The van der Waals surface area contributed by atoms with E-state index in [9.17, 15) is 9.18 Å². The Bertz CT molecular complexity index is 1280. The van der Waals surface area contributed by atoms with E-state index >= 15 is 0 Å². The van der Waals surface area contributed by atoms with Gasteiger partial charge < -0.3 is 19.5 Å². The highest BCUT2D eigenvalue weighted by atomic mass is 32.1. The molecule has 0 atom stereocenters. The number of benzene rings is 2. The molecule has 0 saturated heterocycles. The molecule has 0 unspecified atom stereocenters. The van der Waals surface area contributed by atoms with Gasteiger partial charge in [0.15, 0.2) is 11.5 Å². The van der Waals surface area contributed by atoms with Crippen molar-refractivity contribution in [1.82, 2.24) is 15.1 Å². The second kappa shape index (κ2) is 8.88. The van der Waals surface area contributed by atoms with Gasteiger partial charge in [-0.05, 0) is 43.3 Å². The van der Waals surface area contributed by atoms with Gasteiger partial charge in [0.05, 0.1) is 37.6 Å². The Morgan fingerprint density at radius 1 is 1.03 bits per heavy atom. The minimum atomic E-state index is -0.314. The van der Waals surface area contributed by atoms with E-state index < -0.39 is 0 Å². The Hall–Kier alpha value is -3.59. The molecule has 1 amide bonds. The first kappa shape index (κ1) is 21.6. The third-order valence-electron chi connectivity index (χ3n) is 5.07. The van der Waals surface area contributed by atoms with Gasteiger partial charge in [-0.1, -0.05) is 0 Å². The maximum atomic E-state index is 13.3. The minimum absolute atomic E-state index is 0.215. The predicted molar refractivity (Wildman–Crippen MR) is 121 cm³/mol. The molecule has 32 heavy (non-hydrogen) atoms. The topological polar surface area (TPSA) is 74.6 Å². The average molecular weight is 456 g/mol. The second-order valence-corrected chi connectivity index (χ2v) is 8.04. The van der Waals surface area contributed by atoms with Crippen molar-refractivity contribution in [3.8, 4) is 22.9 Å². The van der Waals surface area contributed by atoms with Crippen LogP contribution in [0.15, 0.2) is 42.5 Å². The van der Waals surface area contributed by atoms with Crippen molar-refractivity contribution in [2.75, 3.05) is 21.3 Å². The van der Waals surface area contributed by atoms with Crippen LogP contribution in [0.1, 0.15) is 20.9 Å². The molecule has 0 bridgehead atoms. The number of methoxy groups -OCH3 is 3. The summed E-state index contributed by atoms with van der Waals surface area (Å²) in [5, 5.41) is 8.35. The lowest BCUT2D eigenvalue weighted by Crippen LogP contribution is -2.22. The quantitative estimate of drug-likeness (QED) is 0.444. The van der Waals surface area contributed by atoms with Crippen LogP contribution in [0, 0.1) is 12.7 Å². The molecule has 2 aromatic carbocycles. The number of ether oxygens (including phenoxy) is 3. The lowest BCUT2D eigenvalue weighted by molar-refractivity contribution is 0.0954. The standard InChI is InChI=1S/C23H22FN3O4S/c1-13-17-10-21(32-23(17)27(26-13)16-7-5-15(24)6-8-16)22(28)25-12-14-9-19(30-3)20(31-4)11-18(14)29-2/h5-11H,12H2,1-4H3,(H,25,28). The summed E-state index contributed by atoms with van der Waals surface area (Å²) in [5.41, 5.74) is 2.28. The van der Waals surface area contributed by atoms with Gasteiger partial charge >= 0.3 is 0 Å². The van der Waals surface area contributed by atoms with Gasteiger partial charge in [0.1, 0.15) is 16.4 Å². The van der Waals surface area contributed by atoms with Crippen LogP contribution in [-0.4, -0.2) is 37.0 Å². The lowest BCUT2D eigenvalue weighted by atomic mass is 10.1. The van der Waals surface area contributed by atoms with Gasteiger partial charge in [0.25, 0.3) is 5.91 Å². The number of carbonyl (C=O) groups is 1. The van der Waals surface area contributed by atoms with Crippen LogP contribution in [0.3, 0.4) is 0 Å². The molecule has 1 N–H and O–H groups in total. The summed E-state index contributed by atoms with van der Waals surface area (Å²) in [6.07, 6.45) is 0. The number of aromatic nitrogens is 2. The molecule has 0 aliphatic carbocycles. The van der Waals surface area contributed by atoms with Crippen LogP contribution >= 0.6 is 11.3 Å². The summed E-state index contributed by atoms with van der Waals surface area (Å²) >= 11 is 1.33. The second-order valence-electron chi connectivity index (χ2n) is 7.00. The first-order valence-electron chi connectivity index (χ1n) is 9.77. The monoisotopic (exact) mass is 455 g/mol. The summed E-state index contributed by atoms with van der Waals surface area (Å²) in [7, 11) is 4.66. The molecule has 0 saturated carbocycles. The molecule has 2 heterocycles. The Labute approximate surface area is 188 Å². The Morgan fingerprint density at radius 2 is 1.69 bits per heavy atom. The number of amides is 1. The number of hydrogen-bond donors (Lipinski definition) is 1. The molecular formula is C23H22FN3O4S. The minimum Gasteiger partial charge on any atom is -0.496 e. The smallest absolute Gasteiger partial charge is 0.261 e. The number of thiophene rings is 1. The lowest BCUT2D eigenvalue weighted by Gasteiger charge is -2.14. The number of hydrogen-bond acceptors (Lipinski definition) is 6. The number of fused-ring (bicyclic) bond motifs is 1. The van der Waals surface area contributed by atoms with Crippen molar-refractivity contribution in [3.63, 3.8) is 0 Å². The van der Waals surface area contributed by atoms with Crippen molar-refractivity contribution in [2.45, 2.75) is 13.5 Å². The van der Waals surface area contributed by atoms with Crippen LogP contribution < -0.4 is 19.5 Å². The SMILES string of the molecule is COc1cc(OC)c(OC)cc1CNC(=O)c1cc2c(C)nn(-c3ccc(F)cc3)c2s1. The summed E-state index contributed by atoms with van der Waals surface area (Å²) in [6, 6.07) is 11.4. The average Bonchev–Trinajstić information content (AvgIpc) is 3.38. The fourth-order valence-electron chi connectivity index (χ4n) is 3.41.